The van der Waals surface area contributed by atoms with E-state index in [-0.39, 0.29) is 34.4 Å². The van der Waals surface area contributed by atoms with Gasteiger partial charge >= 0.3 is 0 Å². The second-order valence-corrected chi connectivity index (χ2v) is 9.41. The zero-order valence-electron chi connectivity index (χ0n) is 14.3. The van der Waals surface area contributed by atoms with Crippen LogP contribution < -0.4 is 5.32 Å². The lowest BCUT2D eigenvalue weighted by molar-refractivity contribution is -0.126. The molecule has 2 atom stereocenters. The normalized spacial score (nSPS) is 24.5. The number of carbonyl (C=O) groups is 1. The highest BCUT2D eigenvalue weighted by atomic mass is 35.5. The van der Waals surface area contributed by atoms with Crippen LogP contribution in [0.3, 0.4) is 0 Å². The second kappa shape index (κ2) is 8.44. The number of nitrogens with zero attached hydrogens (tertiary/aromatic N) is 1. The summed E-state index contributed by atoms with van der Waals surface area (Å²) in [5, 5.41) is 3.32. The molecule has 2 saturated heterocycles. The number of sulfonamides is 1. The van der Waals surface area contributed by atoms with Crippen LogP contribution in [0.5, 0.6) is 0 Å². The topological polar surface area (TPSA) is 75.7 Å². The highest BCUT2D eigenvalue weighted by Crippen LogP contribution is 2.30. The summed E-state index contributed by atoms with van der Waals surface area (Å²) < 4.78 is 32.7. The fraction of sp³-hybridized carbons (Fsp3) is 0.588. The average Bonchev–Trinajstić information content (AvgIpc) is 3.15. The first-order valence-electron chi connectivity index (χ1n) is 8.72. The third-order valence-corrected chi connectivity index (χ3v) is 7.38. The number of benzene rings is 1. The fourth-order valence-corrected chi connectivity index (χ4v) is 5.61. The molecule has 0 saturated carbocycles. The van der Waals surface area contributed by atoms with Crippen LogP contribution in [-0.4, -0.2) is 51.0 Å². The van der Waals surface area contributed by atoms with Crippen LogP contribution in [0.2, 0.25) is 10.0 Å². The molecule has 2 heterocycles. The number of hydrogen-bond donors (Lipinski definition) is 1. The van der Waals surface area contributed by atoms with E-state index in [2.05, 4.69) is 5.32 Å². The van der Waals surface area contributed by atoms with Crippen molar-refractivity contribution in [2.45, 2.75) is 36.7 Å². The third-order valence-electron chi connectivity index (χ3n) is 4.79. The molecule has 1 amide bonds. The van der Waals surface area contributed by atoms with E-state index in [4.69, 9.17) is 27.9 Å². The lowest BCUT2D eigenvalue weighted by Crippen LogP contribution is -2.46. The molecule has 26 heavy (non-hydrogen) atoms. The van der Waals surface area contributed by atoms with Crippen LogP contribution in [0, 0.1) is 5.92 Å². The van der Waals surface area contributed by atoms with Crippen LogP contribution in [-0.2, 0) is 19.6 Å². The van der Waals surface area contributed by atoms with Crippen molar-refractivity contribution in [2.24, 2.45) is 5.92 Å². The van der Waals surface area contributed by atoms with Gasteiger partial charge in [0.25, 0.3) is 0 Å². The van der Waals surface area contributed by atoms with Gasteiger partial charge in [0, 0.05) is 31.3 Å². The number of hydrogen-bond acceptors (Lipinski definition) is 4. The van der Waals surface area contributed by atoms with Crippen molar-refractivity contribution in [2.75, 3.05) is 26.2 Å². The second-order valence-electron chi connectivity index (χ2n) is 6.66. The van der Waals surface area contributed by atoms with Gasteiger partial charge in [-0.25, -0.2) is 8.42 Å². The lowest BCUT2D eigenvalue weighted by Gasteiger charge is -2.31. The molecule has 2 aliphatic heterocycles. The van der Waals surface area contributed by atoms with Gasteiger partial charge in [-0.1, -0.05) is 23.2 Å². The molecule has 1 aromatic rings. The van der Waals surface area contributed by atoms with E-state index >= 15 is 0 Å². The van der Waals surface area contributed by atoms with E-state index < -0.39 is 10.0 Å². The van der Waals surface area contributed by atoms with E-state index in [1.807, 2.05) is 0 Å². The summed E-state index contributed by atoms with van der Waals surface area (Å²) in [6.45, 7) is 1.71. The summed E-state index contributed by atoms with van der Waals surface area (Å²) in [5.41, 5.74) is 0. The SMILES string of the molecule is O=C(NC[C@H]1CCCO1)[C@H]1CCCN(S(=O)(=O)c2cc(Cl)ccc2Cl)C1. The zero-order chi connectivity index (χ0) is 18.7. The van der Waals surface area contributed by atoms with Gasteiger partial charge < -0.3 is 10.1 Å². The smallest absolute Gasteiger partial charge is 0.244 e. The Morgan fingerprint density at radius 1 is 1.27 bits per heavy atom. The highest BCUT2D eigenvalue weighted by molar-refractivity contribution is 7.89. The molecular formula is C17H22Cl2N2O4S. The predicted molar refractivity (Wildman–Crippen MR) is 99.9 cm³/mol. The van der Waals surface area contributed by atoms with Crippen molar-refractivity contribution in [1.82, 2.24) is 9.62 Å². The molecule has 1 N–H and O–H groups in total. The van der Waals surface area contributed by atoms with Crippen LogP contribution in [0.4, 0.5) is 0 Å². The Balaban J connectivity index is 1.67. The van der Waals surface area contributed by atoms with Crippen molar-refractivity contribution >= 4 is 39.1 Å². The molecule has 0 aromatic heterocycles. The van der Waals surface area contributed by atoms with Gasteiger partial charge in [-0.05, 0) is 43.9 Å². The fourth-order valence-electron chi connectivity index (χ4n) is 3.35. The summed E-state index contributed by atoms with van der Waals surface area (Å²) in [6, 6.07) is 4.35. The third kappa shape index (κ3) is 4.51. The molecular weight excluding hydrogens is 399 g/mol. The summed E-state index contributed by atoms with van der Waals surface area (Å²) >= 11 is 12.0. The maximum absolute atomic E-state index is 12.9. The van der Waals surface area contributed by atoms with Crippen molar-refractivity contribution in [3.05, 3.63) is 28.2 Å². The van der Waals surface area contributed by atoms with E-state index in [1.54, 1.807) is 6.07 Å². The molecule has 0 radical (unpaired) electrons. The first-order valence-corrected chi connectivity index (χ1v) is 10.9. The van der Waals surface area contributed by atoms with Crippen molar-refractivity contribution < 1.29 is 17.9 Å². The Kier molecular flexibility index (Phi) is 6.45. The number of rotatable bonds is 5. The van der Waals surface area contributed by atoms with Crippen molar-refractivity contribution in [1.29, 1.82) is 0 Å². The quantitative estimate of drug-likeness (QED) is 0.794. The summed E-state index contributed by atoms with van der Waals surface area (Å²) in [7, 11) is -3.80. The van der Waals surface area contributed by atoms with Gasteiger partial charge in [0.05, 0.1) is 17.0 Å². The summed E-state index contributed by atoms with van der Waals surface area (Å²) in [6.07, 6.45) is 3.30. The van der Waals surface area contributed by atoms with E-state index in [0.717, 1.165) is 19.4 Å². The Morgan fingerprint density at radius 2 is 2.08 bits per heavy atom. The monoisotopic (exact) mass is 420 g/mol. The maximum Gasteiger partial charge on any atom is 0.244 e. The van der Waals surface area contributed by atoms with Crippen LogP contribution in [0.25, 0.3) is 0 Å². The Labute approximate surface area is 163 Å². The highest BCUT2D eigenvalue weighted by Gasteiger charge is 2.34. The number of halogens is 2. The van der Waals surface area contributed by atoms with E-state index in [9.17, 15) is 13.2 Å². The minimum absolute atomic E-state index is 0.0212. The molecule has 3 rings (SSSR count). The maximum atomic E-state index is 12.9. The molecule has 6 nitrogen and oxygen atoms in total. The number of piperidine rings is 1. The van der Waals surface area contributed by atoms with Gasteiger partial charge in [0.15, 0.2) is 0 Å². The molecule has 2 aliphatic rings. The van der Waals surface area contributed by atoms with Crippen molar-refractivity contribution in [3.63, 3.8) is 0 Å². The lowest BCUT2D eigenvalue weighted by atomic mass is 9.99. The van der Waals surface area contributed by atoms with Crippen LogP contribution >= 0.6 is 23.2 Å². The Bertz CT molecular complexity index is 766. The minimum atomic E-state index is -3.80. The summed E-state index contributed by atoms with van der Waals surface area (Å²) in [5.74, 6) is -0.504. The summed E-state index contributed by atoms with van der Waals surface area (Å²) in [4.78, 5) is 12.4. The number of nitrogens with one attached hydrogen (secondary N) is 1. The Hall–Kier alpha value is -0.860. The number of ether oxygens (including phenoxy) is 1. The van der Waals surface area contributed by atoms with Gasteiger partial charge in [-0.2, -0.15) is 4.31 Å². The van der Waals surface area contributed by atoms with Gasteiger partial charge in [-0.15, -0.1) is 0 Å². The molecule has 0 unspecified atom stereocenters. The van der Waals surface area contributed by atoms with E-state index in [1.165, 1.54) is 16.4 Å². The molecule has 1 aromatic carbocycles. The van der Waals surface area contributed by atoms with Crippen molar-refractivity contribution in [3.8, 4) is 0 Å². The predicted octanol–water partition coefficient (Wildman–Crippen LogP) is 2.69. The van der Waals surface area contributed by atoms with Gasteiger partial charge in [-0.3, -0.25) is 4.79 Å². The standard InChI is InChI=1S/C17H22Cl2N2O4S/c18-13-5-6-15(19)16(9-13)26(23,24)21-7-1-3-12(11-21)17(22)20-10-14-4-2-8-25-14/h5-6,9,12,14H,1-4,7-8,10-11H2,(H,20,22)/t12-,14+/m0/s1. The molecule has 144 valence electrons. The molecule has 0 bridgehead atoms. The van der Waals surface area contributed by atoms with Crippen LogP contribution in [0.1, 0.15) is 25.7 Å². The average molecular weight is 421 g/mol. The first kappa shape index (κ1) is 19.9. The Morgan fingerprint density at radius 3 is 2.81 bits per heavy atom. The zero-order valence-corrected chi connectivity index (χ0v) is 16.6. The number of amides is 1. The largest absolute Gasteiger partial charge is 0.376 e. The molecule has 0 aliphatic carbocycles. The minimum Gasteiger partial charge on any atom is -0.376 e. The molecule has 0 spiro atoms. The number of carbonyl (C=O) groups excluding carboxylic acids is 1. The molecule has 9 heteroatoms. The van der Waals surface area contributed by atoms with Crippen LogP contribution in [0.15, 0.2) is 23.1 Å². The molecule has 2 fully saturated rings. The van der Waals surface area contributed by atoms with Gasteiger partial charge in [0.2, 0.25) is 15.9 Å². The van der Waals surface area contributed by atoms with E-state index in [0.29, 0.717) is 31.0 Å². The van der Waals surface area contributed by atoms with Gasteiger partial charge in [0.1, 0.15) is 4.90 Å². The first-order chi connectivity index (χ1) is 12.4.